The molecule has 0 amide bonds. The maximum Gasteiger partial charge on any atom is 0.0349 e. The van der Waals surface area contributed by atoms with Gasteiger partial charge in [0.05, 0.1) is 0 Å². The molecule has 0 N–H and O–H groups in total. The normalized spacial score (nSPS) is 17.0. The van der Waals surface area contributed by atoms with Gasteiger partial charge in [0.1, 0.15) is 0 Å². The fourth-order valence-corrected chi connectivity index (χ4v) is 3.93. The van der Waals surface area contributed by atoms with E-state index in [0.29, 0.717) is 5.92 Å². The summed E-state index contributed by atoms with van der Waals surface area (Å²) >= 11 is 1.89. The Morgan fingerprint density at radius 2 is 1.62 bits per heavy atom. The number of thioether (sulfide) groups is 1. The summed E-state index contributed by atoms with van der Waals surface area (Å²) < 4.78 is 0. The van der Waals surface area contributed by atoms with Gasteiger partial charge < -0.3 is 0 Å². The zero-order valence-electron chi connectivity index (χ0n) is 16.5. The van der Waals surface area contributed by atoms with Gasteiger partial charge in [0.25, 0.3) is 0 Å². The van der Waals surface area contributed by atoms with Gasteiger partial charge in [-0.05, 0) is 54.0 Å². The van der Waals surface area contributed by atoms with E-state index >= 15 is 0 Å². The van der Waals surface area contributed by atoms with E-state index in [1.54, 1.807) is 0 Å². The van der Waals surface area contributed by atoms with Gasteiger partial charge in [0.15, 0.2) is 0 Å². The summed E-state index contributed by atoms with van der Waals surface area (Å²) in [5.74, 6) is 0.498. The van der Waals surface area contributed by atoms with Crippen molar-refractivity contribution in [1.82, 2.24) is 4.98 Å². The highest BCUT2D eigenvalue weighted by Crippen LogP contribution is 2.49. The topological polar surface area (TPSA) is 12.9 Å². The van der Waals surface area contributed by atoms with Crippen LogP contribution in [0.5, 0.6) is 0 Å². The minimum atomic E-state index is 0. The first kappa shape index (κ1) is 20.3. The molecule has 1 atom stereocenters. The van der Waals surface area contributed by atoms with Crippen LogP contribution >= 0.6 is 11.8 Å². The van der Waals surface area contributed by atoms with E-state index in [0.717, 1.165) is 6.42 Å². The van der Waals surface area contributed by atoms with E-state index in [1.165, 1.54) is 32.1 Å². The summed E-state index contributed by atoms with van der Waals surface area (Å²) in [5.41, 5.74) is 5.44. The van der Waals surface area contributed by atoms with Crippen molar-refractivity contribution in [2.45, 2.75) is 41.0 Å². The Hall–Kier alpha value is -2.06. The average Bonchev–Trinajstić information content (AvgIpc) is 3.24. The quantitative estimate of drug-likeness (QED) is 0.548. The van der Waals surface area contributed by atoms with Crippen LogP contribution in [-0.4, -0.2) is 4.98 Å². The number of aryl methyl sites for hydroxylation is 2. The van der Waals surface area contributed by atoms with Crippen LogP contribution in [0, 0.1) is 12.8 Å². The standard InChI is InChI=1S/C13H11NS.C9H12.C2H6.H2/c1-9-8-12-11(2-3-13(12)15-9)10-4-6-14-7-5-10;1-3-9-6-4-8(2)5-7-9;1-2;/h2-8,12H,1H3;4-7H,3H2,1-2H3;1-2H3;1H. The number of aromatic nitrogens is 1. The molecule has 2 aliphatic rings. The van der Waals surface area contributed by atoms with Gasteiger partial charge in [0.2, 0.25) is 0 Å². The molecule has 0 radical (unpaired) electrons. The summed E-state index contributed by atoms with van der Waals surface area (Å²) in [5, 5.41) is 0. The predicted octanol–water partition coefficient (Wildman–Crippen LogP) is 7.46. The minimum absolute atomic E-state index is 0. The lowest BCUT2D eigenvalue weighted by atomic mass is 9.96. The molecule has 0 bridgehead atoms. The van der Waals surface area contributed by atoms with Crippen molar-refractivity contribution < 1.29 is 1.43 Å². The summed E-state index contributed by atoms with van der Waals surface area (Å²) in [6, 6.07) is 12.8. The van der Waals surface area contributed by atoms with Gasteiger partial charge in [-0.15, -0.1) is 0 Å². The molecule has 2 heteroatoms. The highest BCUT2D eigenvalue weighted by atomic mass is 32.2. The van der Waals surface area contributed by atoms with Crippen LogP contribution in [0.25, 0.3) is 5.57 Å². The molecule has 2 heterocycles. The largest absolute Gasteiger partial charge is 0.265 e. The lowest BCUT2D eigenvalue weighted by molar-refractivity contribution is 1.10. The molecule has 2 aromatic rings. The van der Waals surface area contributed by atoms with Gasteiger partial charge >= 0.3 is 0 Å². The van der Waals surface area contributed by atoms with Crippen molar-refractivity contribution in [2.24, 2.45) is 5.92 Å². The van der Waals surface area contributed by atoms with Gasteiger partial charge in [-0.25, -0.2) is 0 Å². The summed E-state index contributed by atoms with van der Waals surface area (Å²) in [6.45, 7) is 10.5. The summed E-state index contributed by atoms with van der Waals surface area (Å²) in [7, 11) is 0. The van der Waals surface area contributed by atoms with Gasteiger partial charge in [0, 0.05) is 24.6 Å². The van der Waals surface area contributed by atoms with Crippen molar-refractivity contribution in [3.05, 3.63) is 93.5 Å². The molecule has 4 rings (SSSR count). The number of rotatable bonds is 2. The van der Waals surface area contributed by atoms with Crippen LogP contribution in [0.1, 0.15) is 45.8 Å². The van der Waals surface area contributed by atoms with Gasteiger partial charge in [-0.1, -0.05) is 80.6 Å². The molecule has 1 nitrogen and oxygen atoms in total. The lowest BCUT2D eigenvalue weighted by Crippen LogP contribution is -1.94. The van der Waals surface area contributed by atoms with Crippen molar-refractivity contribution in [1.29, 1.82) is 0 Å². The van der Waals surface area contributed by atoms with Crippen LogP contribution in [0.15, 0.2) is 76.8 Å². The van der Waals surface area contributed by atoms with Crippen LogP contribution in [0.3, 0.4) is 0 Å². The third-order valence-electron chi connectivity index (χ3n) is 4.29. The molecule has 138 valence electrons. The second-order valence-corrected chi connectivity index (χ2v) is 7.44. The predicted molar refractivity (Wildman–Crippen MR) is 119 cm³/mol. The fraction of sp³-hybridized carbons (Fsp3) is 0.292. The zero-order chi connectivity index (χ0) is 18.9. The Kier molecular flexibility index (Phi) is 7.93. The molecule has 1 aromatic heterocycles. The fourth-order valence-electron chi connectivity index (χ4n) is 2.90. The third kappa shape index (κ3) is 5.22. The minimum Gasteiger partial charge on any atom is -0.265 e. The van der Waals surface area contributed by atoms with Crippen molar-refractivity contribution in [3.63, 3.8) is 0 Å². The first-order chi connectivity index (χ1) is 12.7. The van der Waals surface area contributed by atoms with Crippen molar-refractivity contribution in [2.75, 3.05) is 0 Å². The lowest BCUT2D eigenvalue weighted by Gasteiger charge is -2.09. The van der Waals surface area contributed by atoms with E-state index in [2.05, 4.69) is 80.4 Å². The molecule has 1 aromatic carbocycles. The molecule has 0 spiro atoms. The van der Waals surface area contributed by atoms with E-state index in [1.807, 2.05) is 38.0 Å². The van der Waals surface area contributed by atoms with Crippen LogP contribution in [-0.2, 0) is 6.42 Å². The number of hydrogen-bond acceptors (Lipinski definition) is 2. The van der Waals surface area contributed by atoms with E-state index in [4.69, 9.17) is 0 Å². The van der Waals surface area contributed by atoms with Crippen molar-refractivity contribution >= 4 is 17.3 Å². The highest BCUT2D eigenvalue weighted by Gasteiger charge is 2.27. The molecule has 1 aliphatic carbocycles. The smallest absolute Gasteiger partial charge is 0.0349 e. The molecule has 0 saturated heterocycles. The molecular weight excluding hydrogens is 334 g/mol. The second kappa shape index (κ2) is 10.2. The van der Waals surface area contributed by atoms with Gasteiger partial charge in [-0.2, -0.15) is 0 Å². The molecule has 26 heavy (non-hydrogen) atoms. The van der Waals surface area contributed by atoms with Crippen LogP contribution in [0.4, 0.5) is 0 Å². The molecule has 0 saturated carbocycles. The average molecular weight is 366 g/mol. The molecule has 0 fully saturated rings. The Balaban J connectivity index is 0.000000264. The number of benzene rings is 1. The Bertz CT molecular complexity index is 789. The summed E-state index contributed by atoms with van der Waals surface area (Å²) in [4.78, 5) is 6.92. The number of pyridine rings is 1. The zero-order valence-corrected chi connectivity index (χ0v) is 17.3. The van der Waals surface area contributed by atoms with Crippen molar-refractivity contribution in [3.8, 4) is 0 Å². The van der Waals surface area contributed by atoms with E-state index in [9.17, 15) is 0 Å². The number of hydrogen-bond donors (Lipinski definition) is 0. The first-order valence-corrected chi connectivity index (χ1v) is 10.2. The van der Waals surface area contributed by atoms with E-state index < -0.39 is 0 Å². The maximum atomic E-state index is 4.05. The summed E-state index contributed by atoms with van der Waals surface area (Å²) in [6.07, 6.45) is 11.7. The molecular formula is C24H31NS. The Morgan fingerprint density at radius 1 is 0.962 bits per heavy atom. The Morgan fingerprint density at radius 3 is 2.23 bits per heavy atom. The monoisotopic (exact) mass is 365 g/mol. The third-order valence-corrected chi connectivity index (χ3v) is 5.38. The van der Waals surface area contributed by atoms with E-state index in [-0.39, 0.29) is 1.43 Å². The van der Waals surface area contributed by atoms with Crippen LogP contribution < -0.4 is 0 Å². The Labute approximate surface area is 164 Å². The number of allylic oxidation sites excluding steroid dienone is 6. The maximum absolute atomic E-state index is 4.05. The molecule has 1 unspecified atom stereocenters. The highest BCUT2D eigenvalue weighted by molar-refractivity contribution is 8.07. The number of nitrogens with zero attached hydrogens (tertiary/aromatic N) is 1. The first-order valence-electron chi connectivity index (χ1n) is 9.41. The second-order valence-electron chi connectivity index (χ2n) is 6.12. The molecule has 1 aliphatic heterocycles. The van der Waals surface area contributed by atoms with Crippen LogP contribution in [0.2, 0.25) is 0 Å². The SMILES string of the molecule is CC.CC1=CC2C(=CC=C2c2ccncc2)S1.CCc1ccc(C)cc1.[HH]. The van der Waals surface area contributed by atoms with Gasteiger partial charge in [-0.3, -0.25) is 4.98 Å². The number of fused-ring (bicyclic) bond motifs is 1.